The van der Waals surface area contributed by atoms with Crippen LogP contribution in [0.5, 0.6) is 0 Å². The van der Waals surface area contributed by atoms with E-state index in [1.54, 1.807) is 19.2 Å². The molecule has 0 atom stereocenters. The Morgan fingerprint density at radius 1 is 1.38 bits per heavy atom. The minimum absolute atomic E-state index is 0.0630. The molecule has 0 fully saturated rings. The minimum Gasteiger partial charge on any atom is -0.465 e. The second-order valence-corrected chi connectivity index (χ2v) is 4.76. The summed E-state index contributed by atoms with van der Waals surface area (Å²) in [5.41, 5.74) is 7.40. The number of amides is 1. The third kappa shape index (κ3) is 4.75. The Balaban J connectivity index is 3.00. The maximum atomic E-state index is 11.9. The van der Waals surface area contributed by atoms with Crippen molar-refractivity contribution in [2.45, 2.75) is 19.9 Å². The Morgan fingerprint density at radius 3 is 2.67 bits per heavy atom. The molecule has 0 heterocycles. The molecule has 1 amide bonds. The van der Waals surface area contributed by atoms with Gasteiger partial charge in [0, 0.05) is 19.3 Å². The van der Waals surface area contributed by atoms with Crippen LogP contribution in [0.4, 0.5) is 5.69 Å². The zero-order valence-corrected chi connectivity index (χ0v) is 12.8. The van der Waals surface area contributed by atoms with E-state index >= 15 is 0 Å². The van der Waals surface area contributed by atoms with Crippen molar-refractivity contribution >= 4 is 17.6 Å². The van der Waals surface area contributed by atoms with Crippen molar-refractivity contribution in [1.82, 2.24) is 10.2 Å². The first-order valence-electron chi connectivity index (χ1n) is 6.92. The summed E-state index contributed by atoms with van der Waals surface area (Å²) in [5, 5.41) is 2.60. The Morgan fingerprint density at radius 2 is 2.10 bits per heavy atom. The summed E-state index contributed by atoms with van der Waals surface area (Å²) >= 11 is 0. The van der Waals surface area contributed by atoms with E-state index in [1.807, 2.05) is 17.9 Å². The van der Waals surface area contributed by atoms with Crippen LogP contribution in [0, 0.1) is 0 Å². The zero-order chi connectivity index (χ0) is 15.8. The highest BCUT2D eigenvalue weighted by Crippen LogP contribution is 2.20. The molecule has 0 saturated heterocycles. The maximum Gasteiger partial charge on any atom is 0.340 e. The van der Waals surface area contributed by atoms with E-state index in [0.29, 0.717) is 17.8 Å². The molecule has 1 rings (SSSR count). The van der Waals surface area contributed by atoms with Crippen LogP contribution in [0.15, 0.2) is 18.2 Å². The number of ether oxygens (including phenoxy) is 1. The van der Waals surface area contributed by atoms with Gasteiger partial charge in [0.15, 0.2) is 0 Å². The summed E-state index contributed by atoms with van der Waals surface area (Å²) in [6.45, 7) is 3.54. The minimum atomic E-state index is -0.459. The fraction of sp³-hybridized carbons (Fsp3) is 0.467. The van der Waals surface area contributed by atoms with Crippen molar-refractivity contribution in [1.29, 1.82) is 0 Å². The molecule has 1 aromatic carbocycles. The van der Waals surface area contributed by atoms with E-state index in [2.05, 4.69) is 5.32 Å². The molecule has 21 heavy (non-hydrogen) atoms. The fourth-order valence-electron chi connectivity index (χ4n) is 2.16. The van der Waals surface area contributed by atoms with Gasteiger partial charge >= 0.3 is 5.97 Å². The topological polar surface area (TPSA) is 84.7 Å². The molecule has 116 valence electrons. The van der Waals surface area contributed by atoms with Crippen LogP contribution in [-0.4, -0.2) is 44.0 Å². The molecule has 0 aliphatic heterocycles. The number of hydrogen-bond donors (Lipinski definition) is 2. The van der Waals surface area contributed by atoms with Crippen molar-refractivity contribution in [3.63, 3.8) is 0 Å². The summed E-state index contributed by atoms with van der Waals surface area (Å²) in [6, 6.07) is 5.29. The van der Waals surface area contributed by atoms with Gasteiger partial charge < -0.3 is 15.8 Å². The summed E-state index contributed by atoms with van der Waals surface area (Å²) in [4.78, 5) is 25.4. The molecule has 0 aliphatic rings. The van der Waals surface area contributed by atoms with Crippen molar-refractivity contribution in [3.05, 3.63) is 29.3 Å². The van der Waals surface area contributed by atoms with Gasteiger partial charge in [0.25, 0.3) is 0 Å². The summed E-state index contributed by atoms with van der Waals surface area (Å²) in [6.07, 6.45) is 0.910. The maximum absolute atomic E-state index is 11.9. The number of carbonyl (C=O) groups is 2. The molecule has 3 N–H and O–H groups in total. The second kappa shape index (κ2) is 8.26. The van der Waals surface area contributed by atoms with Crippen LogP contribution in [0.25, 0.3) is 0 Å². The molecule has 6 nitrogen and oxygen atoms in total. The Hall–Kier alpha value is -2.08. The van der Waals surface area contributed by atoms with Gasteiger partial charge in [-0.15, -0.1) is 0 Å². The quantitative estimate of drug-likeness (QED) is 0.579. The first-order valence-corrected chi connectivity index (χ1v) is 6.92. The van der Waals surface area contributed by atoms with E-state index < -0.39 is 5.97 Å². The third-order valence-corrected chi connectivity index (χ3v) is 3.15. The highest BCUT2D eigenvalue weighted by molar-refractivity contribution is 5.96. The molecular weight excluding hydrogens is 270 g/mol. The molecule has 0 saturated carbocycles. The van der Waals surface area contributed by atoms with Gasteiger partial charge in [-0.3, -0.25) is 9.69 Å². The summed E-state index contributed by atoms with van der Waals surface area (Å²) in [5.74, 6) is -0.522. The van der Waals surface area contributed by atoms with E-state index in [1.165, 1.54) is 7.11 Å². The Bertz CT molecular complexity index is 503. The average molecular weight is 293 g/mol. The molecular formula is C15H23N3O3. The highest BCUT2D eigenvalue weighted by Gasteiger charge is 2.18. The van der Waals surface area contributed by atoms with Gasteiger partial charge in [-0.05, 0) is 24.6 Å². The van der Waals surface area contributed by atoms with Crippen molar-refractivity contribution in [2.24, 2.45) is 0 Å². The lowest BCUT2D eigenvalue weighted by Crippen LogP contribution is -2.36. The van der Waals surface area contributed by atoms with Crippen LogP contribution < -0.4 is 11.1 Å². The number of esters is 1. The van der Waals surface area contributed by atoms with Crippen LogP contribution >= 0.6 is 0 Å². The smallest absolute Gasteiger partial charge is 0.340 e. The molecule has 0 aromatic heterocycles. The monoisotopic (exact) mass is 293 g/mol. The lowest BCUT2D eigenvalue weighted by atomic mass is 10.0. The number of benzene rings is 1. The van der Waals surface area contributed by atoms with E-state index in [-0.39, 0.29) is 12.5 Å². The molecule has 0 spiro atoms. The second-order valence-electron chi connectivity index (χ2n) is 4.76. The van der Waals surface area contributed by atoms with Crippen LogP contribution in [0.1, 0.15) is 29.3 Å². The molecule has 0 radical (unpaired) electrons. The Kier molecular flexibility index (Phi) is 6.68. The number of nitrogen functional groups attached to an aromatic ring is 1. The largest absolute Gasteiger partial charge is 0.465 e. The molecule has 6 heteroatoms. The molecule has 0 aliphatic carbocycles. The molecule has 0 bridgehead atoms. The first kappa shape index (κ1) is 17.0. The highest BCUT2D eigenvalue weighted by atomic mass is 16.5. The number of likely N-dealkylation sites (N-methyl/N-ethyl adjacent to an activating group) is 1. The zero-order valence-electron chi connectivity index (χ0n) is 12.8. The number of methoxy groups -OCH3 is 1. The van der Waals surface area contributed by atoms with Gasteiger partial charge in [0.1, 0.15) is 0 Å². The molecule has 0 unspecified atom stereocenters. The van der Waals surface area contributed by atoms with Gasteiger partial charge in [0.05, 0.1) is 19.2 Å². The van der Waals surface area contributed by atoms with Gasteiger partial charge in [-0.2, -0.15) is 0 Å². The van der Waals surface area contributed by atoms with Gasteiger partial charge in [-0.1, -0.05) is 19.1 Å². The average Bonchev–Trinajstić information content (AvgIpc) is 2.46. The van der Waals surface area contributed by atoms with Crippen LogP contribution in [0.3, 0.4) is 0 Å². The number of nitrogens with zero attached hydrogens (tertiary/aromatic N) is 1. The van der Waals surface area contributed by atoms with Crippen molar-refractivity contribution < 1.29 is 14.3 Å². The van der Waals surface area contributed by atoms with E-state index in [4.69, 9.17) is 10.5 Å². The molecule has 1 aromatic rings. The number of nitrogens with one attached hydrogen (secondary N) is 1. The predicted molar refractivity (Wildman–Crippen MR) is 81.8 cm³/mol. The van der Waals surface area contributed by atoms with Gasteiger partial charge in [0.2, 0.25) is 5.91 Å². The van der Waals surface area contributed by atoms with Crippen molar-refractivity contribution in [2.75, 3.05) is 33.0 Å². The number of hydrogen-bond acceptors (Lipinski definition) is 5. The lowest BCUT2D eigenvalue weighted by Gasteiger charge is -2.22. The number of rotatable bonds is 7. The van der Waals surface area contributed by atoms with E-state index in [0.717, 1.165) is 18.5 Å². The summed E-state index contributed by atoms with van der Waals surface area (Å²) < 4.78 is 4.78. The van der Waals surface area contributed by atoms with E-state index in [9.17, 15) is 9.59 Å². The standard InChI is InChI=1S/C15H23N3O3/c1-4-8-18(10-13(19)17-2)9-11-6-5-7-12(16)14(11)15(20)21-3/h5-7H,4,8-10,16H2,1-3H3,(H,17,19). The lowest BCUT2D eigenvalue weighted by molar-refractivity contribution is -0.121. The summed E-state index contributed by atoms with van der Waals surface area (Å²) in [7, 11) is 2.93. The van der Waals surface area contributed by atoms with Crippen LogP contribution in [0.2, 0.25) is 0 Å². The van der Waals surface area contributed by atoms with Gasteiger partial charge in [-0.25, -0.2) is 4.79 Å². The normalized spacial score (nSPS) is 10.5. The first-order chi connectivity index (χ1) is 10.0. The SMILES string of the molecule is CCCN(CC(=O)NC)Cc1cccc(N)c1C(=O)OC. The third-order valence-electron chi connectivity index (χ3n) is 3.15. The van der Waals surface area contributed by atoms with Crippen molar-refractivity contribution in [3.8, 4) is 0 Å². The van der Waals surface area contributed by atoms with Crippen LogP contribution in [-0.2, 0) is 16.1 Å². The number of nitrogens with two attached hydrogens (primary N) is 1. The predicted octanol–water partition coefficient (Wildman–Crippen LogP) is 1.01. The Labute approximate surface area is 125 Å². The fourth-order valence-corrected chi connectivity index (χ4v) is 2.16. The number of carbonyl (C=O) groups excluding carboxylic acids is 2. The number of anilines is 1.